The fraction of sp³-hybridized carbons (Fsp3) is 0.211. The molecule has 25 heavy (non-hydrogen) atoms. The predicted octanol–water partition coefficient (Wildman–Crippen LogP) is 3.67. The van der Waals surface area contributed by atoms with Crippen molar-refractivity contribution in [2.75, 3.05) is 11.9 Å². The summed E-state index contributed by atoms with van der Waals surface area (Å²) in [5, 5.41) is 11.6. The van der Waals surface area contributed by atoms with Gasteiger partial charge in [-0.1, -0.05) is 41.9 Å². The summed E-state index contributed by atoms with van der Waals surface area (Å²) < 4.78 is 5.13. The molecule has 2 rings (SSSR count). The maximum absolute atomic E-state index is 12.3. The summed E-state index contributed by atoms with van der Waals surface area (Å²) in [4.78, 5) is 24.3. The second-order valence-electron chi connectivity index (χ2n) is 5.92. The van der Waals surface area contributed by atoms with E-state index in [0.717, 1.165) is 5.56 Å². The Morgan fingerprint density at radius 1 is 1.20 bits per heavy atom. The molecule has 0 fully saturated rings. The molecule has 6 heteroatoms. The molecule has 1 amide bonds. The molecule has 0 bridgehead atoms. The Labute approximate surface area is 151 Å². The number of rotatable bonds is 5. The molecule has 0 aromatic heterocycles. The highest BCUT2D eigenvalue weighted by Gasteiger charge is 2.31. The number of benzene rings is 2. The fourth-order valence-corrected chi connectivity index (χ4v) is 2.39. The van der Waals surface area contributed by atoms with Gasteiger partial charge in [-0.3, -0.25) is 9.59 Å². The van der Waals surface area contributed by atoms with Crippen LogP contribution in [0.3, 0.4) is 0 Å². The lowest BCUT2D eigenvalue weighted by molar-refractivity contribution is -0.152. The minimum atomic E-state index is -0.862. The molecule has 1 N–H and O–H groups in total. The molecule has 0 unspecified atom stereocenters. The van der Waals surface area contributed by atoms with Crippen molar-refractivity contribution in [3.63, 3.8) is 0 Å². The summed E-state index contributed by atoms with van der Waals surface area (Å²) in [6, 6.07) is 15.7. The van der Waals surface area contributed by atoms with E-state index < -0.39 is 23.9 Å². The molecule has 128 valence electrons. The van der Waals surface area contributed by atoms with E-state index in [4.69, 9.17) is 21.6 Å². The topological polar surface area (TPSA) is 79.2 Å². The van der Waals surface area contributed by atoms with Gasteiger partial charge in [0, 0.05) is 5.69 Å². The zero-order valence-electron chi connectivity index (χ0n) is 13.9. The van der Waals surface area contributed by atoms with Gasteiger partial charge in [0.05, 0.1) is 16.0 Å². The van der Waals surface area contributed by atoms with Gasteiger partial charge in [0.15, 0.2) is 6.61 Å². The van der Waals surface area contributed by atoms with Gasteiger partial charge in [-0.05, 0) is 37.6 Å². The number of nitrogens with zero attached hydrogens (tertiary/aromatic N) is 1. The van der Waals surface area contributed by atoms with Gasteiger partial charge >= 0.3 is 5.97 Å². The number of ether oxygens (including phenoxy) is 1. The van der Waals surface area contributed by atoms with E-state index in [0.29, 0.717) is 11.3 Å². The molecule has 0 aliphatic heterocycles. The molecule has 0 radical (unpaired) electrons. The Morgan fingerprint density at radius 2 is 1.88 bits per heavy atom. The van der Waals surface area contributed by atoms with E-state index in [1.807, 2.05) is 36.4 Å². The van der Waals surface area contributed by atoms with Crippen LogP contribution in [0.2, 0.25) is 5.02 Å². The van der Waals surface area contributed by atoms with Gasteiger partial charge in [-0.25, -0.2) is 0 Å². The highest BCUT2D eigenvalue weighted by atomic mass is 35.5. The van der Waals surface area contributed by atoms with Crippen LogP contribution in [0.4, 0.5) is 5.69 Å². The maximum atomic E-state index is 12.3. The molecule has 0 heterocycles. The molecular formula is C19H17ClN2O3. The molecule has 5 nitrogen and oxygen atoms in total. The van der Waals surface area contributed by atoms with Crippen LogP contribution >= 0.6 is 11.6 Å². The predicted molar refractivity (Wildman–Crippen MR) is 95.2 cm³/mol. The molecule has 0 atom stereocenters. The zero-order valence-corrected chi connectivity index (χ0v) is 14.6. The molecular weight excluding hydrogens is 340 g/mol. The van der Waals surface area contributed by atoms with Crippen molar-refractivity contribution in [1.82, 2.24) is 0 Å². The number of nitrogens with one attached hydrogen (secondary N) is 1. The first kappa shape index (κ1) is 18.5. The lowest BCUT2D eigenvalue weighted by atomic mass is 9.85. The number of carbonyl (C=O) groups is 2. The van der Waals surface area contributed by atoms with Crippen molar-refractivity contribution in [3.05, 3.63) is 64.7 Å². The summed E-state index contributed by atoms with van der Waals surface area (Å²) >= 11 is 5.91. The Kier molecular flexibility index (Phi) is 5.79. The Morgan fingerprint density at radius 3 is 2.48 bits per heavy atom. The van der Waals surface area contributed by atoms with Crippen LogP contribution in [-0.4, -0.2) is 18.5 Å². The van der Waals surface area contributed by atoms with Gasteiger partial charge < -0.3 is 10.1 Å². The average Bonchev–Trinajstić information content (AvgIpc) is 2.60. The van der Waals surface area contributed by atoms with Crippen molar-refractivity contribution in [1.29, 1.82) is 5.26 Å². The monoisotopic (exact) mass is 356 g/mol. The molecule has 0 aliphatic rings. The van der Waals surface area contributed by atoms with E-state index in [2.05, 4.69) is 5.32 Å². The fourth-order valence-electron chi connectivity index (χ4n) is 2.16. The largest absolute Gasteiger partial charge is 0.455 e. The molecule has 0 saturated heterocycles. The highest BCUT2D eigenvalue weighted by molar-refractivity contribution is 6.32. The average molecular weight is 357 g/mol. The number of carbonyl (C=O) groups excluding carboxylic acids is 2. The normalized spacial score (nSPS) is 10.6. The van der Waals surface area contributed by atoms with Crippen LogP contribution in [0.25, 0.3) is 0 Å². The first-order chi connectivity index (χ1) is 11.8. The lowest BCUT2D eigenvalue weighted by Crippen LogP contribution is -2.33. The van der Waals surface area contributed by atoms with E-state index in [-0.39, 0.29) is 5.02 Å². The molecule has 2 aromatic carbocycles. The summed E-state index contributed by atoms with van der Waals surface area (Å²) in [6.45, 7) is 3.07. The molecule has 0 spiro atoms. The minimum Gasteiger partial charge on any atom is -0.455 e. The third-order valence-corrected chi connectivity index (χ3v) is 4.03. The first-order valence-electron chi connectivity index (χ1n) is 7.57. The molecule has 0 aliphatic carbocycles. The van der Waals surface area contributed by atoms with Gasteiger partial charge in [-0.15, -0.1) is 0 Å². The third kappa shape index (κ3) is 4.59. The van der Waals surface area contributed by atoms with E-state index in [9.17, 15) is 9.59 Å². The Bertz CT molecular complexity index is 826. The van der Waals surface area contributed by atoms with Gasteiger partial charge in [0.25, 0.3) is 5.91 Å². The SMILES string of the molecule is CC(C)(C(=O)OCC(=O)Nc1ccc(C#N)c(Cl)c1)c1ccccc1. The standard InChI is InChI=1S/C19H17ClN2O3/c1-19(2,14-6-4-3-5-7-14)18(24)25-12-17(23)22-15-9-8-13(11-21)16(20)10-15/h3-10H,12H2,1-2H3,(H,22,23). The second-order valence-corrected chi connectivity index (χ2v) is 6.33. The van der Waals surface area contributed by atoms with Crippen LogP contribution < -0.4 is 5.32 Å². The summed E-state index contributed by atoms with van der Waals surface area (Å²) in [7, 11) is 0. The van der Waals surface area contributed by atoms with Gasteiger partial charge in [0.2, 0.25) is 0 Å². The van der Waals surface area contributed by atoms with Crippen LogP contribution in [0, 0.1) is 11.3 Å². The van der Waals surface area contributed by atoms with Crippen molar-refractivity contribution < 1.29 is 14.3 Å². The summed E-state index contributed by atoms with van der Waals surface area (Å²) in [6.07, 6.45) is 0. The van der Waals surface area contributed by atoms with Crippen LogP contribution in [0.1, 0.15) is 25.0 Å². The van der Waals surface area contributed by atoms with Gasteiger partial charge in [-0.2, -0.15) is 5.26 Å². The summed E-state index contributed by atoms with van der Waals surface area (Å²) in [5.74, 6) is -0.982. The number of hydrogen-bond acceptors (Lipinski definition) is 4. The lowest BCUT2D eigenvalue weighted by Gasteiger charge is -2.22. The van der Waals surface area contributed by atoms with Crippen LogP contribution in [0.15, 0.2) is 48.5 Å². The summed E-state index contributed by atoms with van der Waals surface area (Å²) in [5.41, 5.74) is 0.682. The Balaban J connectivity index is 1.94. The number of esters is 1. The molecule has 2 aromatic rings. The third-order valence-electron chi connectivity index (χ3n) is 3.71. The number of hydrogen-bond donors (Lipinski definition) is 1. The highest BCUT2D eigenvalue weighted by Crippen LogP contribution is 2.24. The first-order valence-corrected chi connectivity index (χ1v) is 7.94. The Hall–Kier alpha value is -2.84. The number of anilines is 1. The smallest absolute Gasteiger partial charge is 0.316 e. The zero-order chi connectivity index (χ0) is 18.4. The van der Waals surface area contributed by atoms with E-state index >= 15 is 0 Å². The van der Waals surface area contributed by atoms with E-state index in [1.54, 1.807) is 19.9 Å². The van der Waals surface area contributed by atoms with Crippen molar-refractivity contribution in [2.45, 2.75) is 19.3 Å². The maximum Gasteiger partial charge on any atom is 0.316 e. The number of halogens is 1. The number of nitriles is 1. The van der Waals surface area contributed by atoms with Crippen molar-refractivity contribution >= 4 is 29.2 Å². The van der Waals surface area contributed by atoms with E-state index in [1.165, 1.54) is 12.1 Å². The van der Waals surface area contributed by atoms with Crippen LogP contribution in [0.5, 0.6) is 0 Å². The van der Waals surface area contributed by atoms with Crippen molar-refractivity contribution in [2.24, 2.45) is 0 Å². The van der Waals surface area contributed by atoms with Crippen LogP contribution in [-0.2, 0) is 19.7 Å². The molecule has 0 saturated carbocycles. The van der Waals surface area contributed by atoms with Gasteiger partial charge in [0.1, 0.15) is 6.07 Å². The second kappa shape index (κ2) is 7.82. The number of amides is 1. The van der Waals surface area contributed by atoms with Crippen molar-refractivity contribution in [3.8, 4) is 6.07 Å². The minimum absolute atomic E-state index is 0.238. The quantitative estimate of drug-likeness (QED) is 0.829.